The molecule has 0 bridgehead atoms. The van der Waals surface area contributed by atoms with Gasteiger partial charge in [-0.15, -0.1) is 0 Å². The van der Waals surface area contributed by atoms with Crippen LogP contribution in [0.1, 0.15) is 0 Å². The molecule has 0 spiro atoms. The predicted molar refractivity (Wildman–Crippen MR) is 63.9 cm³/mol. The molecule has 1 aromatic carbocycles. The molecule has 0 saturated carbocycles. The van der Waals surface area contributed by atoms with E-state index in [0.717, 1.165) is 35.4 Å². The van der Waals surface area contributed by atoms with Crippen LogP contribution in [-0.4, -0.2) is 12.5 Å². The van der Waals surface area contributed by atoms with Crippen molar-refractivity contribution in [1.82, 2.24) is 10.3 Å². The molecule has 0 fully saturated rings. The lowest BCUT2D eigenvalue weighted by Crippen LogP contribution is -2.34. The number of guanidine groups is 1. The van der Waals surface area contributed by atoms with E-state index in [-0.39, 0.29) is 0 Å². The van der Waals surface area contributed by atoms with Gasteiger partial charge in [0, 0.05) is 6.54 Å². The Balaban J connectivity index is 1.90. The monoisotopic (exact) mass is 210 g/mol. The lowest BCUT2D eigenvalue weighted by molar-refractivity contribution is 0.854. The van der Waals surface area contributed by atoms with Crippen molar-refractivity contribution in [1.29, 1.82) is 0 Å². The summed E-state index contributed by atoms with van der Waals surface area (Å²) in [6.07, 6.45) is 4.14. The number of nitrogens with one attached hydrogen (secondary N) is 2. The van der Waals surface area contributed by atoms with E-state index in [4.69, 9.17) is 0 Å². The van der Waals surface area contributed by atoms with E-state index in [1.807, 2.05) is 12.1 Å². The van der Waals surface area contributed by atoms with E-state index in [1.165, 1.54) is 0 Å². The molecule has 3 aliphatic rings. The Labute approximate surface area is 93.0 Å². The second kappa shape index (κ2) is 2.66. The maximum atomic E-state index is 4.55. The van der Waals surface area contributed by atoms with E-state index in [1.54, 1.807) is 0 Å². The van der Waals surface area contributed by atoms with Gasteiger partial charge in [0.25, 0.3) is 0 Å². The van der Waals surface area contributed by atoms with E-state index in [2.05, 4.69) is 44.8 Å². The highest BCUT2D eigenvalue weighted by molar-refractivity contribution is 6.17. The molecule has 0 amide bonds. The van der Waals surface area contributed by atoms with E-state index in [9.17, 15) is 0 Å². The molecule has 16 heavy (non-hydrogen) atoms. The van der Waals surface area contributed by atoms with Gasteiger partial charge >= 0.3 is 5.96 Å². The third-order valence-electron chi connectivity index (χ3n) is 2.96. The number of benzene rings is 1. The van der Waals surface area contributed by atoms with Crippen molar-refractivity contribution in [3.8, 4) is 0 Å². The van der Waals surface area contributed by atoms with Crippen molar-refractivity contribution in [3.63, 3.8) is 0 Å². The van der Waals surface area contributed by atoms with E-state index < -0.39 is 0 Å². The second-order valence-electron chi connectivity index (χ2n) is 3.93. The summed E-state index contributed by atoms with van der Waals surface area (Å²) in [7, 11) is 0. The van der Waals surface area contributed by atoms with Crippen molar-refractivity contribution in [2.75, 3.05) is 16.8 Å². The summed E-state index contributed by atoms with van der Waals surface area (Å²) in [6.45, 7) is 0.861. The summed E-state index contributed by atoms with van der Waals surface area (Å²) in [6, 6.07) is 8.23. The van der Waals surface area contributed by atoms with Crippen LogP contribution in [0.4, 0.5) is 11.4 Å². The van der Waals surface area contributed by atoms with E-state index >= 15 is 0 Å². The van der Waals surface area contributed by atoms with Crippen LogP contribution in [-0.2, 0) is 0 Å². The molecule has 3 heterocycles. The Hall–Kier alpha value is -2.23. The van der Waals surface area contributed by atoms with Gasteiger partial charge in [-0.05, 0) is 18.2 Å². The van der Waals surface area contributed by atoms with Crippen LogP contribution in [0.5, 0.6) is 0 Å². The molecule has 4 nitrogen and oxygen atoms in total. The van der Waals surface area contributed by atoms with Crippen LogP contribution in [0.25, 0.3) is 0 Å². The van der Waals surface area contributed by atoms with Crippen LogP contribution < -0.4 is 20.5 Å². The summed E-state index contributed by atoms with van der Waals surface area (Å²) in [5, 5.41) is 6.67. The SMILES string of the molecule is C1=CC2=C(NC1)N1C(=[N+]2)Nc2ccccc21. The maximum Gasteiger partial charge on any atom is 0.404 e. The highest BCUT2D eigenvalue weighted by Gasteiger charge is 2.43. The smallest absolute Gasteiger partial charge is 0.352 e. The average Bonchev–Trinajstić information content (AvgIpc) is 2.83. The first kappa shape index (κ1) is 7.98. The van der Waals surface area contributed by atoms with Gasteiger partial charge in [0.2, 0.25) is 5.82 Å². The first-order chi connectivity index (χ1) is 7.93. The summed E-state index contributed by atoms with van der Waals surface area (Å²) >= 11 is 0. The van der Waals surface area contributed by atoms with Gasteiger partial charge < -0.3 is 5.32 Å². The third-order valence-corrected chi connectivity index (χ3v) is 2.96. The average molecular weight is 210 g/mol. The molecule has 4 rings (SSSR count). The Morgan fingerprint density at radius 1 is 1.25 bits per heavy atom. The van der Waals surface area contributed by atoms with Gasteiger partial charge in [0.15, 0.2) is 5.70 Å². The number of aliphatic imine (C=N–C) groups is 1. The maximum absolute atomic E-state index is 4.55. The van der Waals surface area contributed by atoms with Crippen LogP contribution >= 0.6 is 0 Å². The minimum Gasteiger partial charge on any atom is -0.352 e. The molecule has 1 radical (unpaired) electrons. The van der Waals surface area contributed by atoms with Gasteiger partial charge in [-0.2, -0.15) is 4.90 Å². The highest BCUT2D eigenvalue weighted by Crippen LogP contribution is 2.36. The fourth-order valence-corrected chi connectivity index (χ4v) is 2.26. The number of nitrogens with zero attached hydrogens (tertiary/aromatic N) is 2. The number of hydrogen-bond acceptors (Lipinski definition) is 4. The Bertz CT molecular complexity index is 568. The van der Waals surface area contributed by atoms with Crippen LogP contribution in [0.3, 0.4) is 0 Å². The number of anilines is 2. The molecule has 0 unspecified atom stereocenters. The molecule has 0 saturated heterocycles. The molecule has 4 heteroatoms. The zero-order valence-corrected chi connectivity index (χ0v) is 8.57. The van der Waals surface area contributed by atoms with Crippen molar-refractivity contribution in [2.45, 2.75) is 0 Å². The normalized spacial score (nSPS) is 19.8. The Morgan fingerprint density at radius 2 is 2.19 bits per heavy atom. The van der Waals surface area contributed by atoms with Crippen molar-refractivity contribution in [2.24, 2.45) is 0 Å². The van der Waals surface area contributed by atoms with Gasteiger partial charge in [0.1, 0.15) is 11.4 Å². The summed E-state index contributed by atoms with van der Waals surface area (Å²) in [4.78, 5) is 6.68. The number of fused-ring (bicyclic) bond motifs is 4. The topological polar surface area (TPSA) is 41.4 Å². The van der Waals surface area contributed by atoms with E-state index in [0.29, 0.717) is 0 Å². The van der Waals surface area contributed by atoms with Gasteiger partial charge in [-0.25, -0.2) is 5.32 Å². The number of rotatable bonds is 0. The minimum atomic E-state index is 0.861. The lowest BCUT2D eigenvalue weighted by atomic mass is 10.2. The third kappa shape index (κ3) is 0.863. The molecule has 0 atom stereocenters. The zero-order chi connectivity index (χ0) is 10.5. The number of dihydropyridines is 1. The van der Waals surface area contributed by atoms with Crippen LogP contribution in [0.15, 0.2) is 47.9 Å². The second-order valence-corrected chi connectivity index (χ2v) is 3.93. The molecular weight excluding hydrogens is 200 g/mol. The van der Waals surface area contributed by atoms with Crippen molar-refractivity contribution < 1.29 is 0 Å². The number of para-hydroxylation sites is 2. The first-order valence-electron chi connectivity index (χ1n) is 5.33. The quantitative estimate of drug-likeness (QED) is 0.670. The molecule has 1 aromatic rings. The predicted octanol–water partition coefficient (Wildman–Crippen LogP) is 0.952. The molecule has 0 aromatic heterocycles. The molecule has 0 aliphatic carbocycles. The summed E-state index contributed by atoms with van der Waals surface area (Å²) < 4.78 is 0. The standard InChI is InChI=1S/C12H10N4/c1-2-6-10-8(4-1)14-12-15-9-5-3-7-13-11(9)16(10)12/h1-6,13-14H,7H2/q+1. The van der Waals surface area contributed by atoms with Gasteiger partial charge in [0.05, 0.1) is 0 Å². The minimum absolute atomic E-state index is 0.861. The first-order valence-corrected chi connectivity index (χ1v) is 5.33. The zero-order valence-electron chi connectivity index (χ0n) is 8.57. The summed E-state index contributed by atoms with van der Waals surface area (Å²) in [5.74, 6) is 1.97. The molecule has 77 valence electrons. The Morgan fingerprint density at radius 3 is 3.19 bits per heavy atom. The number of allylic oxidation sites excluding steroid dienone is 1. The fourth-order valence-electron chi connectivity index (χ4n) is 2.26. The molecule has 3 aliphatic heterocycles. The van der Waals surface area contributed by atoms with Crippen LogP contribution in [0.2, 0.25) is 0 Å². The lowest BCUT2D eigenvalue weighted by Gasteiger charge is -2.13. The summed E-state index contributed by atoms with van der Waals surface area (Å²) in [5.41, 5.74) is 3.28. The van der Waals surface area contributed by atoms with Crippen LogP contribution in [0, 0.1) is 0 Å². The Kier molecular flexibility index (Phi) is 1.33. The highest BCUT2D eigenvalue weighted by atomic mass is 15.4. The fraction of sp³-hybridized carbons (Fsp3) is 0.0833. The largest absolute Gasteiger partial charge is 0.404 e. The molecular formula is C12H10N4+. The van der Waals surface area contributed by atoms with Crippen molar-refractivity contribution >= 4 is 17.3 Å². The molecule has 2 N–H and O–H groups in total. The number of hydrogen-bond donors (Lipinski definition) is 2. The van der Waals surface area contributed by atoms with Crippen molar-refractivity contribution in [3.05, 3.63) is 47.9 Å². The van der Waals surface area contributed by atoms with Gasteiger partial charge in [-0.1, -0.05) is 23.2 Å². The van der Waals surface area contributed by atoms with Gasteiger partial charge in [-0.3, -0.25) is 0 Å².